The minimum atomic E-state index is -0.597. The lowest BCUT2D eigenvalue weighted by Crippen LogP contribution is -2.62. The van der Waals surface area contributed by atoms with E-state index in [1.165, 1.54) is 5.06 Å². The number of aromatic nitrogens is 2. The zero-order valence-corrected chi connectivity index (χ0v) is 27.0. The zero-order chi connectivity index (χ0) is 33.9. The van der Waals surface area contributed by atoms with Crippen molar-refractivity contribution in [3.63, 3.8) is 0 Å². The van der Waals surface area contributed by atoms with Crippen molar-refractivity contribution >= 4 is 57.9 Å². The summed E-state index contributed by atoms with van der Waals surface area (Å²) in [7, 11) is 0. The van der Waals surface area contributed by atoms with Gasteiger partial charge in [0, 0.05) is 50.3 Å². The second kappa shape index (κ2) is 13.3. The highest BCUT2D eigenvalue weighted by atomic mass is 35.5. The summed E-state index contributed by atoms with van der Waals surface area (Å²) in [5, 5.41) is 36.0. The van der Waals surface area contributed by atoms with Gasteiger partial charge in [-0.2, -0.15) is 10.0 Å². The third kappa shape index (κ3) is 8.01. The van der Waals surface area contributed by atoms with Crippen LogP contribution in [0.3, 0.4) is 0 Å². The minimum absolute atomic E-state index is 0.0540. The molecular formula is C33H35ClN8O5. The van der Waals surface area contributed by atoms with Gasteiger partial charge >= 0.3 is 5.69 Å². The molecule has 244 valence electrons. The van der Waals surface area contributed by atoms with Crippen LogP contribution in [0.4, 0.5) is 34.5 Å². The van der Waals surface area contributed by atoms with Crippen LogP contribution in [0.1, 0.15) is 61.3 Å². The van der Waals surface area contributed by atoms with E-state index >= 15 is 0 Å². The van der Waals surface area contributed by atoms with Crippen LogP contribution in [-0.4, -0.2) is 54.1 Å². The number of nitro groups is 1. The molecule has 1 fully saturated rings. The molecule has 0 saturated carbocycles. The van der Waals surface area contributed by atoms with Crippen molar-refractivity contribution in [1.82, 2.24) is 20.3 Å². The fourth-order valence-electron chi connectivity index (χ4n) is 5.71. The van der Waals surface area contributed by atoms with Crippen LogP contribution in [0.25, 0.3) is 0 Å². The minimum Gasteiger partial charge on any atom is -0.349 e. The van der Waals surface area contributed by atoms with Gasteiger partial charge in [-0.3, -0.25) is 19.7 Å². The van der Waals surface area contributed by atoms with Crippen molar-refractivity contribution in [1.29, 1.82) is 0 Å². The molecule has 4 aromatic rings. The standard InChI is InChI=1S/C33H35ClN8O5/c1-32(2)17-26(18-33(3,4)42(32)47)38-30(44)21-7-13-25(14-8-21)39-31-35-19-27(41(45)46)28(40-31)36-23-11-5-20(6-12-23)29(43)37-24-15-9-22(34)10-16-24/h5-16,19,26,47H,17-18H2,1-4H3,(H,37,43)(H,38,44)(H2,35,36,39,40). The quantitative estimate of drug-likeness (QED) is 0.0938. The molecule has 0 radical (unpaired) electrons. The SMILES string of the molecule is CC1(C)CC(NC(=O)c2ccc(Nc3ncc([N+](=O)[O-])c(Nc4ccc(C(=O)Nc5ccc(Cl)cc5)cc4)n3)cc2)CC(C)(C)N1O. The number of carbonyl (C=O) groups is 2. The number of hydroxylamine groups is 2. The molecular weight excluding hydrogens is 624 g/mol. The molecule has 0 unspecified atom stereocenters. The van der Waals surface area contributed by atoms with Gasteiger partial charge < -0.3 is 26.5 Å². The first-order valence-electron chi connectivity index (χ1n) is 14.8. The van der Waals surface area contributed by atoms with Gasteiger partial charge in [0.25, 0.3) is 11.8 Å². The Morgan fingerprint density at radius 1 is 0.851 bits per heavy atom. The number of piperidine rings is 1. The number of amides is 2. The molecule has 5 N–H and O–H groups in total. The Kier molecular flexibility index (Phi) is 9.43. The average Bonchev–Trinajstić information content (AvgIpc) is 3.01. The van der Waals surface area contributed by atoms with Crippen LogP contribution in [0.2, 0.25) is 5.02 Å². The van der Waals surface area contributed by atoms with Crippen molar-refractivity contribution in [3.8, 4) is 0 Å². The number of hydrogen-bond donors (Lipinski definition) is 5. The Bertz CT molecular complexity index is 1760. The predicted molar refractivity (Wildman–Crippen MR) is 180 cm³/mol. The van der Waals surface area contributed by atoms with Crippen LogP contribution in [0.5, 0.6) is 0 Å². The van der Waals surface area contributed by atoms with Gasteiger partial charge in [-0.05, 0) is 113 Å². The van der Waals surface area contributed by atoms with E-state index in [4.69, 9.17) is 11.6 Å². The summed E-state index contributed by atoms with van der Waals surface area (Å²) in [5.41, 5.74) is 1.12. The smallest absolute Gasteiger partial charge is 0.329 e. The monoisotopic (exact) mass is 658 g/mol. The Morgan fingerprint density at radius 3 is 1.91 bits per heavy atom. The van der Waals surface area contributed by atoms with E-state index in [0.29, 0.717) is 46.1 Å². The first-order chi connectivity index (χ1) is 22.2. The molecule has 0 atom stereocenters. The van der Waals surface area contributed by atoms with Gasteiger partial charge in [-0.1, -0.05) is 11.6 Å². The van der Waals surface area contributed by atoms with Gasteiger partial charge in [-0.25, -0.2) is 4.98 Å². The van der Waals surface area contributed by atoms with E-state index in [9.17, 15) is 24.9 Å². The molecule has 0 spiro atoms. The Hall–Kier alpha value is -5.11. The van der Waals surface area contributed by atoms with Gasteiger partial charge in [0.2, 0.25) is 11.8 Å². The van der Waals surface area contributed by atoms with Crippen LogP contribution in [0.15, 0.2) is 79.0 Å². The molecule has 14 heteroatoms. The molecule has 2 heterocycles. The molecule has 1 saturated heterocycles. The first-order valence-corrected chi connectivity index (χ1v) is 15.2. The number of carbonyl (C=O) groups excluding carboxylic acids is 2. The van der Waals surface area contributed by atoms with Crippen LogP contribution >= 0.6 is 11.6 Å². The number of benzene rings is 3. The number of halogens is 1. The highest BCUT2D eigenvalue weighted by Gasteiger charge is 2.45. The second-order valence-corrected chi connectivity index (χ2v) is 13.0. The molecule has 47 heavy (non-hydrogen) atoms. The van der Waals surface area contributed by atoms with Crippen molar-refractivity contribution in [2.24, 2.45) is 0 Å². The maximum atomic E-state index is 13.0. The van der Waals surface area contributed by atoms with Crippen molar-refractivity contribution in [2.45, 2.75) is 57.7 Å². The number of hydrogen-bond acceptors (Lipinski definition) is 10. The normalized spacial score (nSPS) is 15.8. The van der Waals surface area contributed by atoms with Crippen molar-refractivity contribution < 1.29 is 19.7 Å². The maximum Gasteiger partial charge on any atom is 0.329 e. The lowest BCUT2D eigenvalue weighted by molar-refractivity contribution is -0.384. The topological polar surface area (TPSA) is 175 Å². The molecule has 0 bridgehead atoms. The summed E-state index contributed by atoms with van der Waals surface area (Å²) in [6.07, 6.45) is 2.28. The van der Waals surface area contributed by atoms with E-state index in [1.807, 2.05) is 27.7 Å². The molecule has 2 amide bonds. The molecule has 3 aromatic carbocycles. The summed E-state index contributed by atoms with van der Waals surface area (Å²) >= 11 is 5.90. The summed E-state index contributed by atoms with van der Waals surface area (Å²) in [5.74, 6) is -0.524. The molecule has 1 aliphatic rings. The van der Waals surface area contributed by atoms with Gasteiger partial charge in [0.15, 0.2) is 0 Å². The lowest BCUT2D eigenvalue weighted by Gasteiger charge is -2.51. The second-order valence-electron chi connectivity index (χ2n) is 12.6. The Balaban J connectivity index is 1.23. The highest BCUT2D eigenvalue weighted by Crippen LogP contribution is 2.37. The number of rotatable bonds is 9. The van der Waals surface area contributed by atoms with Crippen LogP contribution < -0.4 is 21.3 Å². The highest BCUT2D eigenvalue weighted by molar-refractivity contribution is 6.30. The molecule has 13 nitrogen and oxygen atoms in total. The number of nitrogens with one attached hydrogen (secondary N) is 4. The van der Waals surface area contributed by atoms with E-state index in [1.54, 1.807) is 72.8 Å². The third-order valence-corrected chi connectivity index (χ3v) is 8.11. The average molecular weight is 659 g/mol. The first kappa shape index (κ1) is 33.3. The largest absolute Gasteiger partial charge is 0.349 e. The fraction of sp³-hybridized carbons (Fsp3) is 0.273. The summed E-state index contributed by atoms with van der Waals surface area (Å²) in [4.78, 5) is 45.1. The van der Waals surface area contributed by atoms with Gasteiger partial charge in [0.1, 0.15) is 6.20 Å². The van der Waals surface area contributed by atoms with E-state index in [-0.39, 0.29) is 35.3 Å². The van der Waals surface area contributed by atoms with E-state index in [0.717, 1.165) is 6.20 Å². The third-order valence-electron chi connectivity index (χ3n) is 7.86. The van der Waals surface area contributed by atoms with Crippen LogP contribution in [0, 0.1) is 10.1 Å². The lowest BCUT2D eigenvalue weighted by atomic mass is 9.79. The predicted octanol–water partition coefficient (Wildman–Crippen LogP) is 6.92. The summed E-state index contributed by atoms with van der Waals surface area (Å²) in [6, 6.07) is 19.6. The van der Waals surface area contributed by atoms with Crippen LogP contribution in [-0.2, 0) is 0 Å². The van der Waals surface area contributed by atoms with Gasteiger partial charge in [-0.15, -0.1) is 0 Å². The summed E-state index contributed by atoms with van der Waals surface area (Å²) in [6.45, 7) is 7.76. The number of nitrogens with zero attached hydrogens (tertiary/aromatic N) is 4. The summed E-state index contributed by atoms with van der Waals surface area (Å²) < 4.78 is 0. The molecule has 1 aliphatic heterocycles. The van der Waals surface area contributed by atoms with Crippen molar-refractivity contribution in [3.05, 3.63) is 105 Å². The number of anilines is 5. The molecule has 1 aromatic heterocycles. The van der Waals surface area contributed by atoms with E-state index in [2.05, 4.69) is 31.2 Å². The van der Waals surface area contributed by atoms with Gasteiger partial charge in [0.05, 0.1) is 4.92 Å². The fourth-order valence-corrected chi connectivity index (χ4v) is 5.84. The van der Waals surface area contributed by atoms with E-state index < -0.39 is 16.0 Å². The molecule has 5 rings (SSSR count). The Labute approximate surface area is 276 Å². The maximum absolute atomic E-state index is 13.0. The Morgan fingerprint density at radius 2 is 1.36 bits per heavy atom. The zero-order valence-electron chi connectivity index (χ0n) is 26.2. The molecule has 0 aliphatic carbocycles. The van der Waals surface area contributed by atoms with Crippen molar-refractivity contribution in [2.75, 3.05) is 16.0 Å².